The van der Waals surface area contributed by atoms with Gasteiger partial charge < -0.3 is 8.94 Å². The molecular formula is C4H2N4O2. The number of aromatic nitrogens is 4. The fraction of sp³-hybridized carbons (Fsp3) is 0. The molecule has 0 saturated carbocycles. The predicted molar refractivity (Wildman–Crippen MR) is 27.6 cm³/mol. The molecule has 0 fully saturated rings. The van der Waals surface area contributed by atoms with Gasteiger partial charge in [-0.1, -0.05) is 0 Å². The van der Waals surface area contributed by atoms with Crippen LogP contribution < -0.4 is 0 Å². The predicted octanol–water partition coefficient (Wildman–Crippen LogP) is 0.120. The molecule has 0 N–H and O–H groups in total. The molecule has 0 saturated heterocycles. The SMILES string of the molecule is c1nnc(-c2cnno2)o1. The van der Waals surface area contributed by atoms with Crippen molar-refractivity contribution in [3.8, 4) is 11.7 Å². The normalized spacial score (nSPS) is 10.0. The van der Waals surface area contributed by atoms with Gasteiger partial charge in [0.05, 0.1) is 0 Å². The molecule has 50 valence electrons. The van der Waals surface area contributed by atoms with Crippen molar-refractivity contribution in [3.05, 3.63) is 12.6 Å². The van der Waals surface area contributed by atoms with E-state index in [9.17, 15) is 0 Å². The van der Waals surface area contributed by atoms with Crippen LogP contribution in [0.1, 0.15) is 0 Å². The third kappa shape index (κ3) is 0.661. The maximum absolute atomic E-state index is 4.78. The van der Waals surface area contributed by atoms with E-state index >= 15 is 0 Å². The maximum Gasteiger partial charge on any atom is 0.288 e. The van der Waals surface area contributed by atoms with Crippen molar-refractivity contribution in [2.24, 2.45) is 0 Å². The fourth-order valence-electron chi connectivity index (χ4n) is 0.542. The number of rotatable bonds is 1. The zero-order chi connectivity index (χ0) is 6.81. The Bertz CT molecular complexity index is 255. The van der Waals surface area contributed by atoms with Gasteiger partial charge >= 0.3 is 0 Å². The molecule has 0 aliphatic rings. The van der Waals surface area contributed by atoms with Crippen LogP contribution in [0, 0.1) is 0 Å². The minimum atomic E-state index is 0.282. The molecule has 0 bridgehead atoms. The molecular weight excluding hydrogens is 136 g/mol. The van der Waals surface area contributed by atoms with Gasteiger partial charge in [-0.25, -0.2) is 0 Å². The Hall–Kier alpha value is -1.72. The van der Waals surface area contributed by atoms with Gasteiger partial charge in [0.1, 0.15) is 6.20 Å². The molecule has 6 heteroatoms. The van der Waals surface area contributed by atoms with Crippen LogP contribution in [0.5, 0.6) is 0 Å². The molecule has 0 aromatic carbocycles. The van der Waals surface area contributed by atoms with E-state index in [0.717, 1.165) is 0 Å². The van der Waals surface area contributed by atoms with Gasteiger partial charge in [-0.15, -0.1) is 15.3 Å². The highest BCUT2D eigenvalue weighted by molar-refractivity contribution is 5.38. The van der Waals surface area contributed by atoms with Crippen molar-refractivity contribution < 1.29 is 8.94 Å². The summed E-state index contributed by atoms with van der Waals surface area (Å²) in [7, 11) is 0. The summed E-state index contributed by atoms with van der Waals surface area (Å²) < 4.78 is 9.40. The van der Waals surface area contributed by atoms with E-state index in [0.29, 0.717) is 5.76 Å². The van der Waals surface area contributed by atoms with Crippen LogP contribution in [0.3, 0.4) is 0 Å². The molecule has 2 rings (SSSR count). The monoisotopic (exact) mass is 138 g/mol. The average Bonchev–Trinajstić information content (AvgIpc) is 2.59. The molecule has 0 amide bonds. The van der Waals surface area contributed by atoms with E-state index in [1.54, 1.807) is 0 Å². The van der Waals surface area contributed by atoms with Crippen LogP contribution in [0.15, 0.2) is 21.5 Å². The first-order valence-corrected chi connectivity index (χ1v) is 2.51. The Balaban J connectivity index is 2.48. The van der Waals surface area contributed by atoms with Gasteiger partial charge in [0.25, 0.3) is 5.89 Å². The topological polar surface area (TPSA) is 77.8 Å². The molecule has 0 spiro atoms. The molecule has 2 aromatic rings. The van der Waals surface area contributed by atoms with Crippen molar-refractivity contribution in [2.75, 3.05) is 0 Å². The largest absolute Gasteiger partial charge is 0.421 e. The lowest BCUT2D eigenvalue weighted by Gasteiger charge is -1.77. The summed E-state index contributed by atoms with van der Waals surface area (Å²) in [4.78, 5) is 0. The standard InChI is InChI=1S/C4H2N4O2/c1-3(10-8-5-1)4-7-6-2-9-4/h1-2H. The van der Waals surface area contributed by atoms with E-state index in [1.165, 1.54) is 12.6 Å². The molecule has 2 aromatic heterocycles. The quantitative estimate of drug-likeness (QED) is 0.556. The highest BCUT2D eigenvalue weighted by atomic mass is 16.5. The van der Waals surface area contributed by atoms with Gasteiger partial charge in [-0.2, -0.15) is 0 Å². The Morgan fingerprint density at radius 2 is 2.30 bits per heavy atom. The van der Waals surface area contributed by atoms with Crippen molar-refractivity contribution in [1.29, 1.82) is 0 Å². The van der Waals surface area contributed by atoms with Crippen LogP contribution in [0.4, 0.5) is 0 Å². The summed E-state index contributed by atoms with van der Waals surface area (Å²) in [5.41, 5.74) is 0. The van der Waals surface area contributed by atoms with Crippen molar-refractivity contribution >= 4 is 0 Å². The molecule has 0 aliphatic heterocycles. The van der Waals surface area contributed by atoms with Crippen molar-refractivity contribution in [2.45, 2.75) is 0 Å². The van der Waals surface area contributed by atoms with Gasteiger partial charge in [0, 0.05) is 5.27 Å². The lowest BCUT2D eigenvalue weighted by Crippen LogP contribution is -1.71. The number of hydrogen-bond acceptors (Lipinski definition) is 6. The van der Waals surface area contributed by atoms with Crippen LogP contribution in [-0.4, -0.2) is 20.6 Å². The average molecular weight is 138 g/mol. The van der Waals surface area contributed by atoms with Crippen molar-refractivity contribution in [1.82, 2.24) is 20.6 Å². The zero-order valence-electron chi connectivity index (χ0n) is 4.76. The summed E-state index contributed by atoms with van der Waals surface area (Å²) in [6, 6.07) is 0. The summed E-state index contributed by atoms with van der Waals surface area (Å²) in [6.45, 7) is 0. The maximum atomic E-state index is 4.78. The minimum Gasteiger partial charge on any atom is -0.421 e. The Labute approximate surface area is 54.8 Å². The van der Waals surface area contributed by atoms with Gasteiger partial charge in [0.2, 0.25) is 12.2 Å². The van der Waals surface area contributed by atoms with Crippen LogP contribution >= 0.6 is 0 Å². The first-order valence-electron chi connectivity index (χ1n) is 2.51. The van der Waals surface area contributed by atoms with Crippen LogP contribution in [-0.2, 0) is 0 Å². The fourth-order valence-corrected chi connectivity index (χ4v) is 0.542. The van der Waals surface area contributed by atoms with Crippen LogP contribution in [0.25, 0.3) is 11.7 Å². The van der Waals surface area contributed by atoms with Gasteiger partial charge in [-0.3, -0.25) is 0 Å². The summed E-state index contributed by atoms with van der Waals surface area (Å²) in [6.07, 6.45) is 2.60. The van der Waals surface area contributed by atoms with Crippen LogP contribution in [0.2, 0.25) is 0 Å². The van der Waals surface area contributed by atoms with Gasteiger partial charge in [-0.05, 0) is 0 Å². The third-order valence-corrected chi connectivity index (χ3v) is 0.932. The third-order valence-electron chi connectivity index (χ3n) is 0.932. The number of hydrogen-bond donors (Lipinski definition) is 0. The van der Waals surface area contributed by atoms with E-state index in [-0.39, 0.29) is 5.89 Å². The molecule has 6 nitrogen and oxygen atoms in total. The minimum absolute atomic E-state index is 0.282. The van der Waals surface area contributed by atoms with E-state index in [2.05, 4.69) is 25.1 Å². The lowest BCUT2D eigenvalue weighted by atomic mass is 10.5. The Morgan fingerprint density at radius 1 is 1.30 bits per heavy atom. The first-order chi connectivity index (χ1) is 4.97. The molecule has 0 unspecified atom stereocenters. The highest BCUT2D eigenvalue weighted by Crippen LogP contribution is 2.11. The second-order valence-corrected chi connectivity index (χ2v) is 1.53. The summed E-state index contributed by atoms with van der Waals surface area (Å²) in [5, 5.41) is 13.7. The van der Waals surface area contributed by atoms with E-state index < -0.39 is 0 Å². The molecule has 0 atom stereocenters. The van der Waals surface area contributed by atoms with Crippen molar-refractivity contribution in [3.63, 3.8) is 0 Å². The number of nitrogens with zero attached hydrogens (tertiary/aromatic N) is 4. The Kier molecular flexibility index (Phi) is 0.970. The smallest absolute Gasteiger partial charge is 0.288 e. The Morgan fingerprint density at radius 3 is 2.90 bits per heavy atom. The van der Waals surface area contributed by atoms with E-state index in [1.807, 2.05) is 0 Å². The summed E-state index contributed by atoms with van der Waals surface area (Å²) >= 11 is 0. The zero-order valence-corrected chi connectivity index (χ0v) is 4.76. The molecule has 0 radical (unpaired) electrons. The first kappa shape index (κ1) is 5.10. The molecule has 10 heavy (non-hydrogen) atoms. The second kappa shape index (κ2) is 1.90. The van der Waals surface area contributed by atoms with E-state index in [4.69, 9.17) is 4.42 Å². The molecule has 2 heterocycles. The summed E-state index contributed by atoms with van der Waals surface area (Å²) in [5.74, 6) is 0.655. The lowest BCUT2D eigenvalue weighted by molar-refractivity contribution is 0.391. The highest BCUT2D eigenvalue weighted by Gasteiger charge is 2.06. The second-order valence-electron chi connectivity index (χ2n) is 1.53. The van der Waals surface area contributed by atoms with Gasteiger partial charge in [0.15, 0.2) is 0 Å². The molecule has 0 aliphatic carbocycles.